The average Bonchev–Trinajstić information content (AvgIpc) is 2.22. The van der Waals surface area contributed by atoms with Gasteiger partial charge in [0.1, 0.15) is 0 Å². The lowest BCUT2D eigenvalue weighted by Crippen LogP contribution is -2.47. The van der Waals surface area contributed by atoms with Crippen molar-refractivity contribution in [2.24, 2.45) is 0 Å². The van der Waals surface area contributed by atoms with Gasteiger partial charge in [-0.15, -0.1) is 0 Å². The molecular formula is C12H16BrNO. The van der Waals surface area contributed by atoms with Crippen molar-refractivity contribution in [1.29, 1.82) is 0 Å². The van der Waals surface area contributed by atoms with Crippen LogP contribution in [-0.4, -0.2) is 23.8 Å². The van der Waals surface area contributed by atoms with Crippen LogP contribution in [0.4, 0.5) is 0 Å². The largest absolute Gasteiger partial charge is 0.388 e. The number of β-amino-alcohol motifs (C(OH)–C–C–N with tert-alkyl or cyclic N) is 1. The Bertz CT molecular complexity index is 317. The van der Waals surface area contributed by atoms with Crippen molar-refractivity contribution in [3.8, 4) is 0 Å². The molecule has 1 aromatic rings. The van der Waals surface area contributed by atoms with Crippen molar-refractivity contribution in [3.63, 3.8) is 0 Å². The third-order valence-electron chi connectivity index (χ3n) is 2.90. The van der Waals surface area contributed by atoms with Gasteiger partial charge in [0, 0.05) is 17.4 Å². The van der Waals surface area contributed by atoms with Crippen LogP contribution in [0.15, 0.2) is 28.7 Å². The van der Waals surface area contributed by atoms with Gasteiger partial charge in [-0.05, 0) is 37.1 Å². The number of piperidine rings is 1. The summed E-state index contributed by atoms with van der Waals surface area (Å²) in [5, 5.41) is 13.6. The van der Waals surface area contributed by atoms with Gasteiger partial charge in [0.15, 0.2) is 0 Å². The molecule has 0 spiro atoms. The maximum absolute atomic E-state index is 10.3. The van der Waals surface area contributed by atoms with E-state index in [9.17, 15) is 5.11 Å². The van der Waals surface area contributed by atoms with Gasteiger partial charge in [-0.1, -0.05) is 28.1 Å². The lowest BCUT2D eigenvalue weighted by Gasteiger charge is -2.32. The fraction of sp³-hybridized carbons (Fsp3) is 0.500. The summed E-state index contributed by atoms with van der Waals surface area (Å²) in [5.41, 5.74) is 0.649. The lowest BCUT2D eigenvalue weighted by molar-refractivity contribution is 0.0169. The highest BCUT2D eigenvalue weighted by Gasteiger charge is 2.28. The number of rotatable bonds is 2. The molecule has 0 radical (unpaired) electrons. The Hall–Kier alpha value is -0.380. The summed E-state index contributed by atoms with van der Waals surface area (Å²) < 4.78 is 1.08. The van der Waals surface area contributed by atoms with E-state index in [-0.39, 0.29) is 0 Å². The second-order valence-corrected chi connectivity index (χ2v) is 5.22. The molecule has 1 aliphatic heterocycles. The molecule has 1 atom stereocenters. The molecule has 2 N–H and O–H groups in total. The zero-order valence-corrected chi connectivity index (χ0v) is 10.3. The van der Waals surface area contributed by atoms with Gasteiger partial charge in [0.2, 0.25) is 0 Å². The molecule has 1 heterocycles. The minimum Gasteiger partial charge on any atom is -0.388 e. The van der Waals surface area contributed by atoms with Crippen molar-refractivity contribution in [3.05, 3.63) is 34.3 Å². The molecule has 1 aromatic carbocycles. The van der Waals surface area contributed by atoms with E-state index in [4.69, 9.17) is 0 Å². The Labute approximate surface area is 98.8 Å². The van der Waals surface area contributed by atoms with Gasteiger partial charge in [0.05, 0.1) is 5.60 Å². The number of aliphatic hydroxyl groups is 1. The Kier molecular flexibility index (Phi) is 3.44. The van der Waals surface area contributed by atoms with Gasteiger partial charge in [0.25, 0.3) is 0 Å². The van der Waals surface area contributed by atoms with Gasteiger partial charge in [-0.25, -0.2) is 0 Å². The lowest BCUT2D eigenvalue weighted by atomic mass is 9.88. The Balaban J connectivity index is 2.03. The highest BCUT2D eigenvalue weighted by Crippen LogP contribution is 2.22. The predicted octanol–water partition coefficient (Wildman–Crippen LogP) is 2.11. The molecule has 2 rings (SSSR count). The van der Waals surface area contributed by atoms with Crippen molar-refractivity contribution in [2.75, 3.05) is 13.1 Å². The molecule has 0 aromatic heterocycles. The first-order chi connectivity index (χ1) is 7.18. The van der Waals surface area contributed by atoms with Crippen LogP contribution >= 0.6 is 15.9 Å². The summed E-state index contributed by atoms with van der Waals surface area (Å²) >= 11 is 3.41. The first-order valence-corrected chi connectivity index (χ1v) is 6.15. The molecule has 0 bridgehead atoms. The van der Waals surface area contributed by atoms with Crippen LogP contribution in [0.25, 0.3) is 0 Å². The number of halogens is 1. The van der Waals surface area contributed by atoms with E-state index >= 15 is 0 Å². The fourth-order valence-corrected chi connectivity index (χ4v) is 2.35. The monoisotopic (exact) mass is 269 g/mol. The van der Waals surface area contributed by atoms with Crippen molar-refractivity contribution in [2.45, 2.75) is 24.9 Å². The molecule has 1 unspecified atom stereocenters. The molecule has 0 aliphatic carbocycles. The van der Waals surface area contributed by atoms with Crippen LogP contribution in [0.1, 0.15) is 18.4 Å². The summed E-state index contributed by atoms with van der Waals surface area (Å²) in [6.07, 6.45) is 2.70. The smallest absolute Gasteiger partial charge is 0.0812 e. The molecule has 15 heavy (non-hydrogen) atoms. The minimum atomic E-state index is -0.550. The quantitative estimate of drug-likeness (QED) is 0.862. The molecule has 1 aliphatic rings. The molecule has 0 amide bonds. The van der Waals surface area contributed by atoms with Crippen LogP contribution in [0.3, 0.4) is 0 Å². The van der Waals surface area contributed by atoms with Gasteiger partial charge in [-0.2, -0.15) is 0 Å². The summed E-state index contributed by atoms with van der Waals surface area (Å²) in [7, 11) is 0. The third-order valence-corrected chi connectivity index (χ3v) is 3.42. The molecule has 2 nitrogen and oxygen atoms in total. The standard InChI is InChI=1S/C12H16BrNO/c13-11-4-2-10(3-5-11)8-12(15)6-1-7-14-9-12/h2-5,14-15H,1,6-9H2. The summed E-state index contributed by atoms with van der Waals surface area (Å²) in [6, 6.07) is 8.18. The first kappa shape index (κ1) is 11.1. The first-order valence-electron chi connectivity index (χ1n) is 5.36. The number of benzene rings is 1. The zero-order valence-electron chi connectivity index (χ0n) is 8.67. The molecule has 0 saturated carbocycles. The van der Waals surface area contributed by atoms with Crippen molar-refractivity contribution >= 4 is 15.9 Å². The van der Waals surface area contributed by atoms with E-state index in [0.717, 1.165) is 30.3 Å². The van der Waals surface area contributed by atoms with E-state index < -0.39 is 5.60 Å². The van der Waals surface area contributed by atoms with Crippen LogP contribution in [0.2, 0.25) is 0 Å². The Morgan fingerprint density at radius 3 is 2.67 bits per heavy atom. The second-order valence-electron chi connectivity index (χ2n) is 4.31. The molecular weight excluding hydrogens is 254 g/mol. The average molecular weight is 270 g/mol. The molecule has 1 saturated heterocycles. The zero-order chi connectivity index (χ0) is 10.7. The number of nitrogens with one attached hydrogen (secondary N) is 1. The van der Waals surface area contributed by atoms with Gasteiger partial charge < -0.3 is 10.4 Å². The van der Waals surface area contributed by atoms with Crippen LogP contribution in [-0.2, 0) is 6.42 Å². The van der Waals surface area contributed by atoms with E-state index in [1.807, 2.05) is 12.1 Å². The maximum Gasteiger partial charge on any atom is 0.0812 e. The number of hydrogen-bond acceptors (Lipinski definition) is 2. The van der Waals surface area contributed by atoms with Crippen LogP contribution in [0, 0.1) is 0 Å². The van der Waals surface area contributed by atoms with E-state index in [0.29, 0.717) is 6.54 Å². The second kappa shape index (κ2) is 4.64. The van der Waals surface area contributed by atoms with Crippen molar-refractivity contribution < 1.29 is 5.11 Å². The summed E-state index contributed by atoms with van der Waals surface area (Å²) in [5.74, 6) is 0. The summed E-state index contributed by atoms with van der Waals surface area (Å²) in [4.78, 5) is 0. The van der Waals surface area contributed by atoms with Gasteiger partial charge in [-0.3, -0.25) is 0 Å². The van der Waals surface area contributed by atoms with E-state index in [2.05, 4.69) is 33.4 Å². The van der Waals surface area contributed by atoms with E-state index in [1.165, 1.54) is 5.56 Å². The maximum atomic E-state index is 10.3. The summed E-state index contributed by atoms with van der Waals surface area (Å²) in [6.45, 7) is 1.74. The number of hydrogen-bond donors (Lipinski definition) is 2. The topological polar surface area (TPSA) is 32.3 Å². The predicted molar refractivity (Wildman–Crippen MR) is 64.9 cm³/mol. The Morgan fingerprint density at radius 2 is 2.07 bits per heavy atom. The fourth-order valence-electron chi connectivity index (χ4n) is 2.09. The van der Waals surface area contributed by atoms with Crippen molar-refractivity contribution in [1.82, 2.24) is 5.32 Å². The highest BCUT2D eigenvalue weighted by molar-refractivity contribution is 9.10. The van der Waals surface area contributed by atoms with Crippen LogP contribution in [0.5, 0.6) is 0 Å². The molecule has 82 valence electrons. The SMILES string of the molecule is OC1(Cc2ccc(Br)cc2)CCCNC1. The minimum absolute atomic E-state index is 0.550. The normalized spacial score (nSPS) is 26.5. The third kappa shape index (κ3) is 3.03. The van der Waals surface area contributed by atoms with E-state index in [1.54, 1.807) is 0 Å². The molecule has 1 fully saturated rings. The van der Waals surface area contributed by atoms with Gasteiger partial charge >= 0.3 is 0 Å². The Morgan fingerprint density at radius 1 is 1.33 bits per heavy atom. The highest BCUT2D eigenvalue weighted by atomic mass is 79.9. The molecule has 3 heteroatoms. The van der Waals surface area contributed by atoms with Crippen LogP contribution < -0.4 is 5.32 Å².